The molecule has 4 N–H and O–H groups in total. The van der Waals surface area contributed by atoms with E-state index in [9.17, 15) is 27.0 Å². The van der Waals surface area contributed by atoms with Crippen molar-refractivity contribution in [3.8, 4) is 0 Å². The number of aliphatic hydroxyl groups is 2. The number of hydrogen-bond acceptors (Lipinski definition) is 6. The minimum atomic E-state index is -5.17. The molecular formula is C6H8O8S2. The van der Waals surface area contributed by atoms with E-state index in [2.05, 4.69) is 0 Å². The standard InChI is InChI=1S/C6H8O8S2/c7-5-4(15(9,10)11)2-1-3-6(5,8)16(12,13)14/h1-3,5,7-8H,(H,9,10,11)(H,12,13,14). The number of hydrogen-bond donors (Lipinski definition) is 4. The first-order valence-corrected chi connectivity index (χ1v) is 6.62. The summed E-state index contributed by atoms with van der Waals surface area (Å²) in [6.45, 7) is 0. The summed E-state index contributed by atoms with van der Waals surface area (Å²) in [5.41, 5.74) is 0. The summed E-state index contributed by atoms with van der Waals surface area (Å²) < 4.78 is 60.3. The molecule has 0 saturated heterocycles. The molecule has 8 nitrogen and oxygen atoms in total. The highest BCUT2D eigenvalue weighted by molar-refractivity contribution is 7.90. The molecule has 0 heterocycles. The van der Waals surface area contributed by atoms with E-state index in [0.29, 0.717) is 12.2 Å². The highest BCUT2D eigenvalue weighted by Crippen LogP contribution is 2.30. The molecule has 10 heteroatoms. The first kappa shape index (κ1) is 13.3. The van der Waals surface area contributed by atoms with Gasteiger partial charge in [-0.1, -0.05) is 6.08 Å². The summed E-state index contributed by atoms with van der Waals surface area (Å²) in [4.78, 5) is -4.33. The first-order chi connectivity index (χ1) is 7.00. The van der Waals surface area contributed by atoms with Crippen LogP contribution in [0.15, 0.2) is 23.1 Å². The van der Waals surface area contributed by atoms with Gasteiger partial charge in [0.2, 0.25) is 4.93 Å². The molecule has 0 fully saturated rings. The fourth-order valence-electron chi connectivity index (χ4n) is 1.12. The average Bonchev–Trinajstić information content (AvgIpc) is 2.05. The highest BCUT2D eigenvalue weighted by atomic mass is 32.2. The zero-order valence-electron chi connectivity index (χ0n) is 7.55. The molecule has 0 radical (unpaired) electrons. The molecule has 0 spiro atoms. The van der Waals surface area contributed by atoms with Crippen LogP contribution in [0.4, 0.5) is 0 Å². The lowest BCUT2D eigenvalue weighted by atomic mass is 10.1. The van der Waals surface area contributed by atoms with Crippen LogP contribution in [0.2, 0.25) is 0 Å². The monoisotopic (exact) mass is 272 g/mol. The summed E-state index contributed by atoms with van der Waals surface area (Å²) in [5, 5.41) is 18.7. The number of allylic oxidation sites excluding steroid dienone is 2. The van der Waals surface area contributed by atoms with Crippen molar-refractivity contribution >= 4 is 20.2 Å². The fraction of sp³-hybridized carbons (Fsp3) is 0.333. The molecule has 0 aromatic carbocycles. The zero-order chi connectivity index (χ0) is 12.8. The van der Waals surface area contributed by atoms with E-state index in [4.69, 9.17) is 9.11 Å². The molecule has 1 rings (SSSR count). The molecule has 0 aliphatic heterocycles. The SMILES string of the molecule is O=S(=O)(O)C1=CC=CC(O)(S(=O)(=O)O)C1O. The molecule has 2 atom stereocenters. The largest absolute Gasteiger partial charge is 0.383 e. The molecule has 0 bridgehead atoms. The Labute approximate surface area is 91.0 Å². The molecule has 0 amide bonds. The molecule has 1 aliphatic carbocycles. The van der Waals surface area contributed by atoms with Crippen molar-refractivity contribution in [2.45, 2.75) is 11.0 Å². The molecule has 16 heavy (non-hydrogen) atoms. The Morgan fingerprint density at radius 2 is 1.69 bits per heavy atom. The summed E-state index contributed by atoms with van der Waals surface area (Å²) in [5.74, 6) is 0. The molecule has 2 unspecified atom stereocenters. The molecule has 0 saturated carbocycles. The third-order valence-corrected chi connectivity index (χ3v) is 4.11. The van der Waals surface area contributed by atoms with Crippen LogP contribution in [0.25, 0.3) is 0 Å². The lowest BCUT2D eigenvalue weighted by Gasteiger charge is -2.29. The van der Waals surface area contributed by atoms with Crippen LogP contribution in [-0.2, 0) is 20.2 Å². The van der Waals surface area contributed by atoms with Gasteiger partial charge in [-0.25, -0.2) is 0 Å². The second-order valence-corrected chi connectivity index (χ2v) is 6.06. The molecule has 92 valence electrons. The third kappa shape index (κ3) is 2.03. The topological polar surface area (TPSA) is 149 Å². The van der Waals surface area contributed by atoms with Crippen molar-refractivity contribution in [3.05, 3.63) is 23.1 Å². The highest BCUT2D eigenvalue weighted by Gasteiger charge is 2.51. The van der Waals surface area contributed by atoms with Crippen LogP contribution in [0, 0.1) is 0 Å². The first-order valence-electron chi connectivity index (χ1n) is 3.74. The van der Waals surface area contributed by atoms with Crippen molar-refractivity contribution < 1.29 is 36.2 Å². The predicted molar refractivity (Wildman–Crippen MR) is 51.3 cm³/mol. The maximum absolute atomic E-state index is 10.8. The zero-order valence-corrected chi connectivity index (χ0v) is 9.18. The van der Waals surface area contributed by atoms with Crippen LogP contribution < -0.4 is 0 Å². The Hall–Kier alpha value is -0.780. The normalized spacial score (nSPS) is 31.2. The van der Waals surface area contributed by atoms with E-state index >= 15 is 0 Å². The molecular weight excluding hydrogens is 264 g/mol. The van der Waals surface area contributed by atoms with Gasteiger partial charge in [0.25, 0.3) is 10.1 Å². The van der Waals surface area contributed by atoms with Gasteiger partial charge in [-0.2, -0.15) is 16.8 Å². The number of aliphatic hydroxyl groups excluding tert-OH is 1. The Morgan fingerprint density at radius 1 is 1.19 bits per heavy atom. The maximum atomic E-state index is 10.8. The summed E-state index contributed by atoms with van der Waals surface area (Å²) in [7, 11) is -10.0. The quantitative estimate of drug-likeness (QED) is 0.433. The van der Waals surface area contributed by atoms with Gasteiger partial charge in [-0.05, 0) is 12.2 Å². The lowest BCUT2D eigenvalue weighted by Crippen LogP contribution is -2.50. The Bertz CT molecular complexity index is 553. The lowest BCUT2D eigenvalue weighted by molar-refractivity contribution is 0.0364. The van der Waals surface area contributed by atoms with Crippen molar-refractivity contribution in [1.29, 1.82) is 0 Å². The second kappa shape index (κ2) is 3.61. The van der Waals surface area contributed by atoms with E-state index in [-0.39, 0.29) is 0 Å². The summed E-state index contributed by atoms with van der Waals surface area (Å²) in [6.07, 6.45) is -0.562. The van der Waals surface area contributed by atoms with E-state index < -0.39 is 36.2 Å². The van der Waals surface area contributed by atoms with Gasteiger partial charge in [0.1, 0.15) is 11.0 Å². The molecule has 1 aliphatic rings. The van der Waals surface area contributed by atoms with Crippen LogP contribution >= 0.6 is 0 Å². The van der Waals surface area contributed by atoms with Gasteiger partial charge in [-0.3, -0.25) is 9.11 Å². The van der Waals surface area contributed by atoms with Crippen molar-refractivity contribution in [3.63, 3.8) is 0 Å². The van der Waals surface area contributed by atoms with Crippen LogP contribution in [-0.4, -0.2) is 47.2 Å². The second-order valence-electron chi connectivity index (χ2n) is 3.03. The van der Waals surface area contributed by atoms with E-state index in [1.165, 1.54) is 0 Å². The Balaban J connectivity index is 3.40. The van der Waals surface area contributed by atoms with Crippen LogP contribution in [0.3, 0.4) is 0 Å². The van der Waals surface area contributed by atoms with E-state index in [0.717, 1.165) is 6.08 Å². The van der Waals surface area contributed by atoms with Crippen molar-refractivity contribution in [2.75, 3.05) is 0 Å². The summed E-state index contributed by atoms with van der Waals surface area (Å²) in [6, 6.07) is 0. The average molecular weight is 272 g/mol. The van der Waals surface area contributed by atoms with Crippen molar-refractivity contribution in [2.24, 2.45) is 0 Å². The number of rotatable bonds is 2. The fourth-order valence-corrected chi connectivity index (χ4v) is 2.57. The molecule has 0 aromatic heterocycles. The van der Waals surface area contributed by atoms with Gasteiger partial charge >= 0.3 is 10.1 Å². The minimum absolute atomic E-state index is 0.488. The van der Waals surface area contributed by atoms with E-state index in [1.54, 1.807) is 0 Å². The third-order valence-electron chi connectivity index (χ3n) is 1.97. The smallest absolute Gasteiger partial charge is 0.302 e. The van der Waals surface area contributed by atoms with Gasteiger partial charge in [0.15, 0.2) is 0 Å². The van der Waals surface area contributed by atoms with Gasteiger partial charge in [0, 0.05) is 0 Å². The summed E-state index contributed by atoms with van der Waals surface area (Å²) >= 11 is 0. The van der Waals surface area contributed by atoms with Gasteiger partial charge in [-0.15, -0.1) is 0 Å². The Kier molecular flexibility index (Phi) is 3.00. The maximum Gasteiger partial charge on any atom is 0.302 e. The van der Waals surface area contributed by atoms with Crippen LogP contribution in [0.5, 0.6) is 0 Å². The Morgan fingerprint density at radius 3 is 2.06 bits per heavy atom. The van der Waals surface area contributed by atoms with Crippen LogP contribution in [0.1, 0.15) is 0 Å². The van der Waals surface area contributed by atoms with E-state index in [1.807, 2.05) is 0 Å². The minimum Gasteiger partial charge on any atom is -0.383 e. The predicted octanol–water partition coefficient (Wildman–Crippen LogP) is -1.73. The van der Waals surface area contributed by atoms with Gasteiger partial charge in [0.05, 0.1) is 0 Å². The molecule has 0 aromatic rings. The van der Waals surface area contributed by atoms with Crippen molar-refractivity contribution in [1.82, 2.24) is 0 Å². The van der Waals surface area contributed by atoms with Gasteiger partial charge < -0.3 is 10.2 Å².